The monoisotopic (exact) mass is 720 g/mol. The number of nitrogens with zero attached hydrogens (tertiary/aromatic N) is 4. The molecular formula is C51H36N4O. The Labute approximate surface area is 324 Å². The van der Waals surface area contributed by atoms with E-state index in [0.29, 0.717) is 5.82 Å². The highest BCUT2D eigenvalue weighted by molar-refractivity contribution is 6.22. The molecule has 10 aromatic rings. The van der Waals surface area contributed by atoms with Gasteiger partial charge in [-0.1, -0.05) is 164 Å². The Morgan fingerprint density at radius 1 is 0.375 bits per heavy atom. The number of benzene rings is 8. The standard InChI is InChI=1S/C51H36N4O/c1-54-46-30-29-37(31-47(46)55(2)51(54)56)48-40-21-11-13-23-42(40)49(43-24-14-12-22-41(43)48)39-20-10-9-19-38(39)45-32-44(52-50(53-45)36-17-7-4-8-18-36)35-27-25-34(26-28-35)33-15-5-3-6-16-33/h3-32H,1-2H3. The molecule has 2 aromatic heterocycles. The largest absolute Gasteiger partial charge is 0.328 e. The molecule has 2 heterocycles. The molecule has 0 aliphatic heterocycles. The van der Waals surface area contributed by atoms with Crippen LogP contribution in [0.25, 0.3) is 99.9 Å². The summed E-state index contributed by atoms with van der Waals surface area (Å²) in [6.45, 7) is 0. The molecule has 0 radical (unpaired) electrons. The smallest absolute Gasteiger partial charge is 0.295 e. The number of hydrogen-bond acceptors (Lipinski definition) is 3. The second-order valence-corrected chi connectivity index (χ2v) is 14.3. The Morgan fingerprint density at radius 2 is 0.839 bits per heavy atom. The molecular weight excluding hydrogens is 685 g/mol. The van der Waals surface area contributed by atoms with Gasteiger partial charge in [-0.3, -0.25) is 9.13 Å². The van der Waals surface area contributed by atoms with Gasteiger partial charge in [0.05, 0.1) is 22.4 Å². The molecule has 0 bridgehead atoms. The summed E-state index contributed by atoms with van der Waals surface area (Å²) < 4.78 is 3.43. The molecule has 0 atom stereocenters. The van der Waals surface area contributed by atoms with Crippen molar-refractivity contribution in [1.82, 2.24) is 19.1 Å². The van der Waals surface area contributed by atoms with Gasteiger partial charge in [0.25, 0.3) is 0 Å². The zero-order valence-electron chi connectivity index (χ0n) is 31.0. The van der Waals surface area contributed by atoms with Crippen LogP contribution in [0.5, 0.6) is 0 Å². The average Bonchev–Trinajstić information content (AvgIpc) is 3.48. The van der Waals surface area contributed by atoms with E-state index in [-0.39, 0.29) is 5.69 Å². The summed E-state index contributed by atoms with van der Waals surface area (Å²) in [7, 11) is 3.67. The van der Waals surface area contributed by atoms with Crippen molar-refractivity contribution in [3.8, 4) is 67.3 Å². The zero-order valence-corrected chi connectivity index (χ0v) is 31.0. The number of imidazole rings is 1. The van der Waals surface area contributed by atoms with Crippen LogP contribution in [-0.2, 0) is 14.1 Å². The summed E-state index contributed by atoms with van der Waals surface area (Å²) in [4.78, 5) is 23.3. The first-order valence-electron chi connectivity index (χ1n) is 18.8. The van der Waals surface area contributed by atoms with Crippen LogP contribution in [0.15, 0.2) is 187 Å². The van der Waals surface area contributed by atoms with Crippen molar-refractivity contribution in [3.63, 3.8) is 0 Å². The first-order chi connectivity index (χ1) is 27.5. The van der Waals surface area contributed by atoms with Crippen LogP contribution >= 0.6 is 0 Å². The van der Waals surface area contributed by atoms with Gasteiger partial charge in [0.2, 0.25) is 0 Å². The van der Waals surface area contributed by atoms with E-state index in [1.54, 1.807) is 9.13 Å². The van der Waals surface area contributed by atoms with Gasteiger partial charge in [0.1, 0.15) is 0 Å². The minimum Gasteiger partial charge on any atom is -0.295 e. The Bertz CT molecular complexity index is 3100. The molecule has 10 rings (SSSR count). The van der Waals surface area contributed by atoms with E-state index < -0.39 is 0 Å². The lowest BCUT2D eigenvalue weighted by Gasteiger charge is -2.20. The maximum atomic E-state index is 12.9. The van der Waals surface area contributed by atoms with E-state index in [1.807, 2.05) is 38.4 Å². The minimum atomic E-state index is -0.0358. The molecule has 5 nitrogen and oxygen atoms in total. The number of rotatable bonds is 6. The van der Waals surface area contributed by atoms with Gasteiger partial charge in [-0.05, 0) is 73.1 Å². The Kier molecular flexibility index (Phi) is 8.00. The van der Waals surface area contributed by atoms with Crippen LogP contribution in [0.2, 0.25) is 0 Å². The fraction of sp³-hybridized carbons (Fsp3) is 0.0392. The van der Waals surface area contributed by atoms with Gasteiger partial charge in [0, 0.05) is 30.8 Å². The molecule has 8 aromatic carbocycles. The second-order valence-electron chi connectivity index (χ2n) is 14.3. The quantitative estimate of drug-likeness (QED) is 0.161. The number of fused-ring (bicyclic) bond motifs is 3. The molecule has 0 N–H and O–H groups in total. The fourth-order valence-corrected chi connectivity index (χ4v) is 8.23. The normalized spacial score (nSPS) is 11.5. The SMILES string of the molecule is Cn1c(=O)n(C)c2cc(-c3c4ccccc4c(-c4ccccc4-c4cc(-c5ccc(-c6ccccc6)cc5)nc(-c5ccccc5)n4)c4ccccc34)ccc21. The van der Waals surface area contributed by atoms with Gasteiger partial charge >= 0.3 is 5.69 Å². The van der Waals surface area contributed by atoms with Crippen LogP contribution in [0.3, 0.4) is 0 Å². The molecule has 0 saturated heterocycles. The number of aromatic nitrogens is 4. The minimum absolute atomic E-state index is 0.0358. The van der Waals surface area contributed by atoms with Gasteiger partial charge in [-0.2, -0.15) is 0 Å². The van der Waals surface area contributed by atoms with E-state index >= 15 is 0 Å². The summed E-state index contributed by atoms with van der Waals surface area (Å²) in [5, 5.41) is 4.57. The van der Waals surface area contributed by atoms with Crippen molar-refractivity contribution >= 4 is 32.6 Å². The Morgan fingerprint density at radius 3 is 1.48 bits per heavy atom. The lowest BCUT2D eigenvalue weighted by atomic mass is 9.84. The second kappa shape index (κ2) is 13.5. The van der Waals surface area contributed by atoms with E-state index in [0.717, 1.165) is 88.5 Å². The van der Waals surface area contributed by atoms with Crippen LogP contribution < -0.4 is 5.69 Å². The third kappa shape index (κ3) is 5.52. The van der Waals surface area contributed by atoms with Gasteiger partial charge in [-0.25, -0.2) is 14.8 Å². The summed E-state index contributed by atoms with van der Waals surface area (Å²) in [5.41, 5.74) is 13.3. The highest BCUT2D eigenvalue weighted by atomic mass is 16.1. The molecule has 0 saturated carbocycles. The van der Waals surface area contributed by atoms with E-state index in [2.05, 4.69) is 158 Å². The predicted octanol–water partition coefficient (Wildman–Crippen LogP) is 12.0. The van der Waals surface area contributed by atoms with Crippen molar-refractivity contribution in [2.24, 2.45) is 14.1 Å². The summed E-state index contributed by atoms with van der Waals surface area (Å²) in [6, 6.07) is 63.7. The third-order valence-electron chi connectivity index (χ3n) is 11.0. The average molecular weight is 721 g/mol. The lowest BCUT2D eigenvalue weighted by Crippen LogP contribution is -2.19. The van der Waals surface area contributed by atoms with Gasteiger partial charge < -0.3 is 0 Å². The molecule has 0 aliphatic rings. The molecule has 0 spiro atoms. The topological polar surface area (TPSA) is 52.7 Å². The van der Waals surface area contributed by atoms with E-state index in [9.17, 15) is 4.79 Å². The number of aryl methyl sites for hydroxylation is 2. The molecule has 0 amide bonds. The molecule has 0 aliphatic carbocycles. The molecule has 5 heteroatoms. The fourth-order valence-electron chi connectivity index (χ4n) is 8.23. The maximum Gasteiger partial charge on any atom is 0.328 e. The molecule has 266 valence electrons. The van der Waals surface area contributed by atoms with Gasteiger partial charge in [-0.15, -0.1) is 0 Å². The van der Waals surface area contributed by atoms with Crippen molar-refractivity contribution in [1.29, 1.82) is 0 Å². The summed E-state index contributed by atoms with van der Waals surface area (Å²) in [5.74, 6) is 0.677. The Hall–Kier alpha value is -7.37. The van der Waals surface area contributed by atoms with Crippen LogP contribution in [0.1, 0.15) is 0 Å². The summed E-state index contributed by atoms with van der Waals surface area (Å²) in [6.07, 6.45) is 0. The van der Waals surface area contributed by atoms with Crippen molar-refractivity contribution in [2.45, 2.75) is 0 Å². The zero-order chi connectivity index (χ0) is 37.8. The van der Waals surface area contributed by atoms with Crippen molar-refractivity contribution in [3.05, 3.63) is 192 Å². The maximum absolute atomic E-state index is 12.9. The Balaban J connectivity index is 1.20. The van der Waals surface area contributed by atoms with Crippen LogP contribution in [0, 0.1) is 0 Å². The first kappa shape index (κ1) is 33.2. The van der Waals surface area contributed by atoms with Crippen molar-refractivity contribution in [2.75, 3.05) is 0 Å². The van der Waals surface area contributed by atoms with E-state index in [4.69, 9.17) is 9.97 Å². The third-order valence-corrected chi connectivity index (χ3v) is 11.0. The first-order valence-corrected chi connectivity index (χ1v) is 18.8. The summed E-state index contributed by atoms with van der Waals surface area (Å²) >= 11 is 0. The highest BCUT2D eigenvalue weighted by Gasteiger charge is 2.21. The van der Waals surface area contributed by atoms with Crippen molar-refractivity contribution < 1.29 is 0 Å². The van der Waals surface area contributed by atoms with E-state index in [1.165, 1.54) is 5.56 Å². The predicted molar refractivity (Wildman–Crippen MR) is 231 cm³/mol. The van der Waals surface area contributed by atoms with Crippen LogP contribution in [0.4, 0.5) is 0 Å². The lowest BCUT2D eigenvalue weighted by molar-refractivity contribution is 0.795. The number of hydrogen-bond donors (Lipinski definition) is 0. The molecule has 0 unspecified atom stereocenters. The highest BCUT2D eigenvalue weighted by Crippen LogP contribution is 2.46. The van der Waals surface area contributed by atoms with Gasteiger partial charge in [0.15, 0.2) is 5.82 Å². The molecule has 0 fully saturated rings. The van der Waals surface area contributed by atoms with Crippen LogP contribution in [-0.4, -0.2) is 19.1 Å². The molecule has 56 heavy (non-hydrogen) atoms.